The molecule has 5 nitrogen and oxygen atoms in total. The predicted molar refractivity (Wildman–Crippen MR) is 52.5 cm³/mol. The Morgan fingerprint density at radius 2 is 1.88 bits per heavy atom. The second-order valence-corrected chi connectivity index (χ2v) is 5.00. The molecule has 100 valence electrons. The fraction of sp³-hybridized carbons (Fsp3) is 0.571. The van der Waals surface area contributed by atoms with Crippen molar-refractivity contribution in [2.45, 2.75) is 12.4 Å². The van der Waals surface area contributed by atoms with Crippen molar-refractivity contribution in [1.29, 1.82) is 0 Å². The first-order valence-electron chi connectivity index (χ1n) is 4.01. The molecule has 0 bridgehead atoms. The van der Waals surface area contributed by atoms with Gasteiger partial charge in [-0.3, -0.25) is 0 Å². The van der Waals surface area contributed by atoms with Crippen molar-refractivity contribution in [2.75, 3.05) is 7.11 Å². The van der Waals surface area contributed by atoms with Crippen molar-refractivity contribution in [1.82, 2.24) is 0 Å². The average Bonchev–Trinajstić information content (AvgIpc) is 2.45. The number of thiazole rings is 1. The highest BCUT2D eigenvalue weighted by molar-refractivity contribution is 7.86. The van der Waals surface area contributed by atoms with E-state index in [0.29, 0.717) is 0 Å². The summed E-state index contributed by atoms with van der Waals surface area (Å²) in [7, 11) is -2.41. The van der Waals surface area contributed by atoms with E-state index in [1.54, 1.807) is 18.4 Å². The lowest BCUT2D eigenvalue weighted by atomic mass is 10.6. The van der Waals surface area contributed by atoms with Crippen molar-refractivity contribution in [3.63, 3.8) is 0 Å². The summed E-state index contributed by atoms with van der Waals surface area (Å²) in [4.78, 5) is 0. The van der Waals surface area contributed by atoms with Gasteiger partial charge in [-0.15, -0.1) is 0 Å². The third-order valence-electron chi connectivity index (χ3n) is 1.59. The minimum absolute atomic E-state index is 0.951. The molecular formula is C7H10F3NO4S2. The van der Waals surface area contributed by atoms with E-state index >= 15 is 0 Å². The molecule has 1 heterocycles. The Morgan fingerprint density at radius 1 is 1.47 bits per heavy atom. The van der Waals surface area contributed by atoms with Gasteiger partial charge in [0.15, 0.2) is 15.8 Å². The number of hydrogen-bond donors (Lipinski definition) is 0. The van der Waals surface area contributed by atoms with Gasteiger partial charge in [-0.2, -0.15) is 17.7 Å². The fourth-order valence-corrected chi connectivity index (χ4v) is 1.45. The molecule has 0 amide bonds. The van der Waals surface area contributed by atoms with Gasteiger partial charge in [0, 0.05) is 6.92 Å². The highest BCUT2D eigenvalue weighted by Gasteiger charge is 2.36. The van der Waals surface area contributed by atoms with E-state index in [1.807, 2.05) is 11.6 Å². The van der Waals surface area contributed by atoms with E-state index in [1.165, 1.54) is 5.69 Å². The van der Waals surface area contributed by atoms with Crippen LogP contribution >= 0.6 is 11.3 Å². The van der Waals surface area contributed by atoms with Crippen LogP contribution in [-0.2, 0) is 17.2 Å². The maximum absolute atomic E-state index is 10.7. The summed E-state index contributed by atoms with van der Waals surface area (Å²) in [5, 5.41) is 3.02. The van der Waals surface area contributed by atoms with E-state index in [4.69, 9.17) is 17.7 Å². The third-order valence-corrected chi connectivity index (χ3v) is 3.26. The van der Waals surface area contributed by atoms with Gasteiger partial charge in [0.25, 0.3) is 0 Å². The van der Waals surface area contributed by atoms with Gasteiger partial charge in [-0.1, -0.05) is 0 Å². The van der Waals surface area contributed by atoms with Gasteiger partial charge >= 0.3 is 10.7 Å². The molecule has 1 aromatic rings. The Balaban J connectivity index is 0.000000304. The number of halogens is 3. The molecule has 0 unspecified atom stereocenters. The summed E-state index contributed by atoms with van der Waals surface area (Å²) in [5.41, 5.74) is -4.41. The molecule has 0 aromatic carbocycles. The van der Waals surface area contributed by atoms with Gasteiger partial charge in [0.2, 0.25) is 0 Å². The Hall–Kier alpha value is -0.870. The van der Waals surface area contributed by atoms with Crippen LogP contribution in [0, 0.1) is 6.92 Å². The number of hydrogen-bond acceptors (Lipinski definition) is 5. The van der Waals surface area contributed by atoms with Crippen LogP contribution < -0.4 is 9.30 Å². The smallest absolute Gasteiger partial charge is 0.485 e. The SMILES string of the molecule is COc1scc(C)[n+]1C.O=S(=O)([O-])C(F)(F)F. The largest absolute Gasteiger partial charge is 0.741 e. The van der Waals surface area contributed by atoms with Crippen LogP contribution in [0.25, 0.3) is 0 Å². The molecule has 0 spiro atoms. The van der Waals surface area contributed by atoms with Crippen molar-refractivity contribution < 1.29 is 35.4 Å². The lowest BCUT2D eigenvalue weighted by Gasteiger charge is -2.08. The van der Waals surface area contributed by atoms with Crippen LogP contribution in [0.3, 0.4) is 0 Å². The molecule has 1 rings (SSSR count). The summed E-state index contributed by atoms with van der Waals surface area (Å²) >= 11 is 1.62. The highest BCUT2D eigenvalue weighted by Crippen LogP contribution is 2.20. The number of methoxy groups -OCH3 is 1. The quantitative estimate of drug-likeness (QED) is 0.439. The van der Waals surface area contributed by atoms with Crippen LogP contribution in [0.1, 0.15) is 5.69 Å². The van der Waals surface area contributed by atoms with Crippen LogP contribution in [-0.4, -0.2) is 25.6 Å². The van der Waals surface area contributed by atoms with Gasteiger partial charge in [-0.25, -0.2) is 8.42 Å². The molecule has 0 atom stereocenters. The zero-order valence-corrected chi connectivity index (χ0v) is 10.7. The minimum atomic E-state index is -6.09. The standard InChI is InChI=1S/C6H10NOS.CHF3O3S/c1-5-4-9-6(8-3)7(5)2;2-1(3,4)8(5,6)7/h4H,1-3H3;(H,5,6,7)/q+1;/p-1. The lowest BCUT2D eigenvalue weighted by molar-refractivity contribution is -0.677. The van der Waals surface area contributed by atoms with Gasteiger partial charge in [-0.05, 0) is 11.3 Å². The van der Waals surface area contributed by atoms with Crippen LogP contribution in [0.5, 0.6) is 5.19 Å². The Bertz CT molecular complexity index is 466. The summed E-state index contributed by atoms with van der Waals surface area (Å²) in [5.74, 6) is 0. The van der Waals surface area contributed by atoms with E-state index < -0.39 is 15.6 Å². The van der Waals surface area contributed by atoms with Crippen LogP contribution in [0.4, 0.5) is 13.2 Å². The van der Waals surface area contributed by atoms with E-state index in [9.17, 15) is 13.2 Å². The fourth-order valence-electron chi connectivity index (χ4n) is 0.623. The molecule has 0 aliphatic carbocycles. The molecule has 0 N–H and O–H groups in total. The van der Waals surface area contributed by atoms with E-state index in [2.05, 4.69) is 12.3 Å². The molecule has 0 fully saturated rings. The number of alkyl halides is 3. The number of aryl methyl sites for hydroxylation is 1. The molecule has 10 heteroatoms. The summed E-state index contributed by atoms with van der Waals surface area (Å²) in [6.07, 6.45) is 0. The molecule has 0 aliphatic rings. The Kier molecular flexibility index (Phi) is 5.36. The second kappa shape index (κ2) is 5.65. The van der Waals surface area contributed by atoms with E-state index in [0.717, 1.165) is 5.19 Å². The van der Waals surface area contributed by atoms with Crippen molar-refractivity contribution in [3.8, 4) is 5.19 Å². The number of ether oxygens (including phenoxy) is 1. The first-order chi connectivity index (χ1) is 7.50. The van der Waals surface area contributed by atoms with Crippen molar-refractivity contribution in [2.24, 2.45) is 7.05 Å². The molecular weight excluding hydrogens is 283 g/mol. The summed E-state index contributed by atoms with van der Waals surface area (Å²) < 4.78 is 66.0. The number of aromatic nitrogens is 1. The molecule has 0 aliphatic heterocycles. The molecule has 0 saturated heterocycles. The first-order valence-corrected chi connectivity index (χ1v) is 6.29. The molecule has 0 saturated carbocycles. The number of nitrogens with zero attached hydrogens (tertiary/aromatic N) is 1. The second-order valence-electron chi connectivity index (χ2n) is 2.81. The van der Waals surface area contributed by atoms with Crippen molar-refractivity contribution in [3.05, 3.63) is 11.1 Å². The normalized spacial score (nSPS) is 11.7. The topological polar surface area (TPSA) is 70.3 Å². The zero-order valence-electron chi connectivity index (χ0n) is 9.11. The summed E-state index contributed by atoms with van der Waals surface area (Å²) in [6.45, 7) is 2.05. The Morgan fingerprint density at radius 3 is 2.00 bits per heavy atom. The molecule has 0 radical (unpaired) electrons. The molecule has 17 heavy (non-hydrogen) atoms. The van der Waals surface area contributed by atoms with Gasteiger partial charge in [0.05, 0.1) is 12.5 Å². The van der Waals surface area contributed by atoms with Gasteiger partial charge in [0.1, 0.15) is 7.05 Å². The van der Waals surface area contributed by atoms with Crippen LogP contribution in [0.2, 0.25) is 0 Å². The third kappa shape index (κ3) is 4.88. The maximum Gasteiger partial charge on any atom is 0.485 e. The van der Waals surface area contributed by atoms with E-state index in [-0.39, 0.29) is 0 Å². The molecule has 1 aromatic heterocycles. The first kappa shape index (κ1) is 16.1. The summed E-state index contributed by atoms with van der Waals surface area (Å²) in [6, 6.07) is 0. The predicted octanol–water partition coefficient (Wildman–Crippen LogP) is 0.941. The Labute approximate surface area is 100 Å². The van der Waals surface area contributed by atoms with Crippen molar-refractivity contribution >= 4 is 21.5 Å². The van der Waals surface area contributed by atoms with Crippen LogP contribution in [0.15, 0.2) is 5.38 Å². The minimum Gasteiger partial charge on any atom is -0.741 e. The number of rotatable bonds is 1. The maximum atomic E-state index is 10.7. The monoisotopic (exact) mass is 293 g/mol. The highest BCUT2D eigenvalue weighted by atomic mass is 32.2. The van der Waals surface area contributed by atoms with Gasteiger partial charge < -0.3 is 9.29 Å². The zero-order chi connectivity index (χ0) is 13.9. The average molecular weight is 293 g/mol. The lowest BCUT2D eigenvalue weighted by Crippen LogP contribution is -2.29.